The summed E-state index contributed by atoms with van der Waals surface area (Å²) >= 11 is 1.57. The Balaban J connectivity index is 1.38. The molecule has 0 radical (unpaired) electrons. The zero-order chi connectivity index (χ0) is 18.8. The Hall–Kier alpha value is -1.80. The number of hydrogen-bond donors (Lipinski definition) is 0. The van der Waals surface area contributed by atoms with E-state index >= 15 is 0 Å². The van der Waals surface area contributed by atoms with Crippen molar-refractivity contribution in [2.45, 2.75) is 56.8 Å². The third-order valence-electron chi connectivity index (χ3n) is 5.58. The summed E-state index contributed by atoms with van der Waals surface area (Å²) in [5, 5.41) is 2.90. The Kier molecular flexibility index (Phi) is 5.54. The smallest absolute Gasteiger partial charge is 0.275 e. The number of likely N-dealkylation sites (tertiary alicyclic amines) is 1. The van der Waals surface area contributed by atoms with Gasteiger partial charge in [-0.15, -0.1) is 11.3 Å². The second-order valence-corrected chi connectivity index (χ2v) is 8.56. The molecule has 3 heterocycles. The summed E-state index contributed by atoms with van der Waals surface area (Å²) in [6.07, 6.45) is 7.35. The first-order valence-electron chi connectivity index (χ1n) is 9.57. The number of carbonyl (C=O) groups is 1. The predicted octanol–water partition coefficient (Wildman–Crippen LogP) is 3.47. The van der Waals surface area contributed by atoms with Gasteiger partial charge < -0.3 is 9.32 Å². The highest BCUT2D eigenvalue weighted by molar-refractivity contribution is 7.09. The molecule has 4 rings (SSSR count). The van der Waals surface area contributed by atoms with Crippen molar-refractivity contribution in [3.63, 3.8) is 0 Å². The third kappa shape index (κ3) is 4.21. The summed E-state index contributed by atoms with van der Waals surface area (Å²) in [6, 6.07) is -0.0148. The molecule has 146 valence electrons. The summed E-state index contributed by atoms with van der Waals surface area (Å²) in [4.78, 5) is 25.2. The summed E-state index contributed by atoms with van der Waals surface area (Å²) < 4.78 is 19.6. The standard InChI is InChI=1S/C19H25FN4O2S/c1-23(19(25)16-12-26-18(22-16)13-4-2-3-5-13)10-15-8-14(20)9-24(15)11-17-21-6-7-27-17/h6-7,12-15H,2-5,8-11H2,1H3/t14-,15-/m0/s1. The Bertz CT molecular complexity index is 760. The second kappa shape index (κ2) is 8.06. The van der Waals surface area contributed by atoms with Crippen LogP contribution in [0, 0.1) is 0 Å². The van der Waals surface area contributed by atoms with Crippen LogP contribution in [-0.4, -0.2) is 58.0 Å². The molecular formula is C19H25FN4O2S. The average molecular weight is 393 g/mol. The van der Waals surface area contributed by atoms with E-state index < -0.39 is 6.17 Å². The molecule has 0 bridgehead atoms. The normalized spacial score (nSPS) is 23.9. The van der Waals surface area contributed by atoms with Crippen LogP contribution in [0.2, 0.25) is 0 Å². The van der Waals surface area contributed by atoms with Crippen molar-refractivity contribution in [2.75, 3.05) is 20.1 Å². The van der Waals surface area contributed by atoms with E-state index in [4.69, 9.17) is 4.42 Å². The molecule has 0 spiro atoms. The van der Waals surface area contributed by atoms with Crippen LogP contribution in [0.15, 0.2) is 22.3 Å². The monoisotopic (exact) mass is 392 g/mol. The quantitative estimate of drug-likeness (QED) is 0.753. The molecule has 6 nitrogen and oxygen atoms in total. The van der Waals surface area contributed by atoms with Crippen molar-refractivity contribution in [3.05, 3.63) is 34.4 Å². The van der Waals surface area contributed by atoms with E-state index in [1.807, 2.05) is 5.38 Å². The van der Waals surface area contributed by atoms with E-state index in [1.54, 1.807) is 29.5 Å². The van der Waals surface area contributed by atoms with Crippen molar-refractivity contribution in [1.82, 2.24) is 19.8 Å². The number of rotatable bonds is 6. The number of thiazole rings is 1. The number of alkyl halides is 1. The highest BCUT2D eigenvalue weighted by Crippen LogP contribution is 2.33. The fourth-order valence-corrected chi connectivity index (χ4v) is 4.79. The summed E-state index contributed by atoms with van der Waals surface area (Å²) in [5.41, 5.74) is 0.348. The molecule has 1 saturated carbocycles. The Morgan fingerprint density at radius 1 is 1.44 bits per heavy atom. The molecule has 2 aromatic rings. The van der Waals surface area contributed by atoms with Crippen LogP contribution >= 0.6 is 11.3 Å². The van der Waals surface area contributed by atoms with E-state index in [0.717, 1.165) is 17.8 Å². The summed E-state index contributed by atoms with van der Waals surface area (Å²) in [5.74, 6) is 0.853. The van der Waals surface area contributed by atoms with Crippen molar-refractivity contribution in [1.29, 1.82) is 0 Å². The van der Waals surface area contributed by atoms with Gasteiger partial charge in [-0.25, -0.2) is 14.4 Å². The topological polar surface area (TPSA) is 62.5 Å². The number of nitrogens with zero attached hydrogens (tertiary/aromatic N) is 4. The molecule has 1 amide bonds. The highest BCUT2D eigenvalue weighted by atomic mass is 32.1. The lowest BCUT2D eigenvalue weighted by atomic mass is 10.1. The van der Waals surface area contributed by atoms with Crippen molar-refractivity contribution >= 4 is 17.2 Å². The first-order valence-corrected chi connectivity index (χ1v) is 10.5. The van der Waals surface area contributed by atoms with Gasteiger partial charge >= 0.3 is 0 Å². The third-order valence-corrected chi connectivity index (χ3v) is 6.34. The number of hydrogen-bond acceptors (Lipinski definition) is 6. The van der Waals surface area contributed by atoms with Gasteiger partial charge in [-0.2, -0.15) is 0 Å². The molecule has 1 aliphatic heterocycles. The van der Waals surface area contributed by atoms with Gasteiger partial charge in [-0.1, -0.05) is 12.8 Å². The van der Waals surface area contributed by atoms with Gasteiger partial charge in [0.25, 0.3) is 5.91 Å². The fraction of sp³-hybridized carbons (Fsp3) is 0.632. The van der Waals surface area contributed by atoms with Crippen LogP contribution in [0.25, 0.3) is 0 Å². The highest BCUT2D eigenvalue weighted by Gasteiger charge is 2.34. The SMILES string of the molecule is CN(C[C@@H]1C[C@H](F)CN1Cc1nccs1)C(=O)c1coc(C2CCCC2)n1. The molecule has 2 aliphatic rings. The number of likely N-dealkylation sites (N-methyl/N-ethyl adjacent to an activating group) is 1. The number of amides is 1. The van der Waals surface area contributed by atoms with Crippen LogP contribution in [0.4, 0.5) is 4.39 Å². The van der Waals surface area contributed by atoms with Crippen LogP contribution in [0.3, 0.4) is 0 Å². The van der Waals surface area contributed by atoms with Gasteiger partial charge in [0.1, 0.15) is 17.4 Å². The molecule has 0 aromatic carbocycles. The lowest BCUT2D eigenvalue weighted by Crippen LogP contribution is -2.41. The van der Waals surface area contributed by atoms with Gasteiger partial charge in [-0.05, 0) is 19.3 Å². The van der Waals surface area contributed by atoms with Crippen LogP contribution in [0.1, 0.15) is 59.4 Å². The molecule has 2 atom stereocenters. The number of oxazole rings is 1. The van der Waals surface area contributed by atoms with E-state index in [0.29, 0.717) is 43.6 Å². The lowest BCUT2D eigenvalue weighted by Gasteiger charge is -2.27. The minimum atomic E-state index is -0.862. The predicted molar refractivity (Wildman–Crippen MR) is 100 cm³/mol. The lowest BCUT2D eigenvalue weighted by molar-refractivity contribution is 0.0744. The Labute approximate surface area is 162 Å². The first kappa shape index (κ1) is 18.6. The maximum Gasteiger partial charge on any atom is 0.275 e. The molecule has 2 aromatic heterocycles. The minimum Gasteiger partial charge on any atom is -0.448 e. The largest absolute Gasteiger partial charge is 0.448 e. The second-order valence-electron chi connectivity index (χ2n) is 7.58. The van der Waals surface area contributed by atoms with Gasteiger partial charge in [0, 0.05) is 43.7 Å². The first-order chi connectivity index (χ1) is 13.1. The molecule has 8 heteroatoms. The van der Waals surface area contributed by atoms with Crippen molar-refractivity contribution < 1.29 is 13.6 Å². The maximum absolute atomic E-state index is 14.0. The molecule has 1 saturated heterocycles. The minimum absolute atomic E-state index is 0.0148. The van der Waals surface area contributed by atoms with E-state index in [-0.39, 0.29) is 11.9 Å². The summed E-state index contributed by atoms with van der Waals surface area (Å²) in [6.45, 7) is 1.49. The molecule has 0 unspecified atom stereocenters. The van der Waals surface area contributed by atoms with Crippen LogP contribution in [0.5, 0.6) is 0 Å². The van der Waals surface area contributed by atoms with Gasteiger partial charge in [-0.3, -0.25) is 9.69 Å². The molecule has 2 fully saturated rings. The van der Waals surface area contributed by atoms with Gasteiger partial charge in [0.15, 0.2) is 11.6 Å². The fourth-order valence-electron chi connectivity index (χ4n) is 4.15. The molecule has 27 heavy (non-hydrogen) atoms. The van der Waals surface area contributed by atoms with Crippen LogP contribution < -0.4 is 0 Å². The van der Waals surface area contributed by atoms with E-state index in [9.17, 15) is 9.18 Å². The number of carbonyl (C=O) groups excluding carboxylic acids is 1. The zero-order valence-electron chi connectivity index (χ0n) is 15.5. The number of halogens is 1. The van der Waals surface area contributed by atoms with Gasteiger partial charge in [0.2, 0.25) is 0 Å². The van der Waals surface area contributed by atoms with E-state index in [2.05, 4.69) is 14.9 Å². The van der Waals surface area contributed by atoms with E-state index in [1.165, 1.54) is 19.1 Å². The number of aromatic nitrogens is 2. The average Bonchev–Trinajstić information content (AvgIpc) is 3.43. The molecule has 0 N–H and O–H groups in total. The van der Waals surface area contributed by atoms with Crippen LogP contribution in [-0.2, 0) is 6.54 Å². The Morgan fingerprint density at radius 3 is 3.00 bits per heavy atom. The maximum atomic E-state index is 14.0. The van der Waals surface area contributed by atoms with Gasteiger partial charge in [0.05, 0.1) is 6.54 Å². The van der Waals surface area contributed by atoms with Crippen molar-refractivity contribution in [3.8, 4) is 0 Å². The molecular weight excluding hydrogens is 367 g/mol. The summed E-state index contributed by atoms with van der Waals surface area (Å²) in [7, 11) is 1.75. The zero-order valence-corrected chi connectivity index (χ0v) is 16.3. The molecule has 1 aliphatic carbocycles. The van der Waals surface area contributed by atoms with Crippen molar-refractivity contribution in [2.24, 2.45) is 0 Å². The Morgan fingerprint density at radius 2 is 2.26 bits per heavy atom.